The molecular formula is C15H29N3. The van der Waals surface area contributed by atoms with Gasteiger partial charge in [0.25, 0.3) is 0 Å². The summed E-state index contributed by atoms with van der Waals surface area (Å²) in [6.45, 7) is 6.13. The minimum absolute atomic E-state index is 0.413. The Hall–Kier alpha value is -0.120. The van der Waals surface area contributed by atoms with Gasteiger partial charge < -0.3 is 5.32 Å². The van der Waals surface area contributed by atoms with Crippen molar-refractivity contribution < 1.29 is 0 Å². The van der Waals surface area contributed by atoms with Gasteiger partial charge in [0.05, 0.1) is 0 Å². The van der Waals surface area contributed by atoms with Crippen molar-refractivity contribution in [3.63, 3.8) is 0 Å². The van der Waals surface area contributed by atoms with Crippen LogP contribution in [-0.4, -0.2) is 25.2 Å². The van der Waals surface area contributed by atoms with E-state index in [1.165, 1.54) is 64.5 Å². The predicted molar refractivity (Wildman–Crippen MR) is 75.3 cm³/mol. The molecule has 1 spiro atoms. The Balaban J connectivity index is 1.71. The largest absolute Gasteiger partial charge is 0.317 e. The summed E-state index contributed by atoms with van der Waals surface area (Å²) in [6, 6.07) is 0. The van der Waals surface area contributed by atoms with Gasteiger partial charge in [0, 0.05) is 12.1 Å². The minimum atomic E-state index is 0.413. The fraction of sp³-hybridized carbons (Fsp3) is 1.00. The third-order valence-electron chi connectivity index (χ3n) is 5.72. The number of hydrogen-bond donors (Lipinski definition) is 3. The molecule has 0 aromatic rings. The second-order valence-electron chi connectivity index (χ2n) is 7.17. The molecule has 0 aromatic carbocycles. The molecule has 1 aliphatic carbocycles. The van der Waals surface area contributed by atoms with E-state index < -0.39 is 0 Å². The van der Waals surface area contributed by atoms with Crippen molar-refractivity contribution in [3.8, 4) is 0 Å². The van der Waals surface area contributed by atoms with E-state index in [4.69, 9.17) is 0 Å². The molecule has 0 radical (unpaired) electrons. The van der Waals surface area contributed by atoms with Gasteiger partial charge in [-0.3, -0.25) is 10.9 Å². The molecule has 1 unspecified atom stereocenters. The van der Waals surface area contributed by atoms with Crippen molar-refractivity contribution in [3.05, 3.63) is 0 Å². The van der Waals surface area contributed by atoms with Gasteiger partial charge >= 0.3 is 0 Å². The van der Waals surface area contributed by atoms with Crippen molar-refractivity contribution >= 4 is 0 Å². The topological polar surface area (TPSA) is 36.1 Å². The zero-order chi connectivity index (χ0) is 12.5. The smallest absolute Gasteiger partial charge is 0.0329 e. The normalized spacial score (nSPS) is 37.8. The van der Waals surface area contributed by atoms with Gasteiger partial charge in [-0.25, -0.2) is 0 Å². The van der Waals surface area contributed by atoms with E-state index in [9.17, 15) is 0 Å². The molecule has 0 aromatic heterocycles. The predicted octanol–water partition coefficient (Wildman–Crippen LogP) is 2.19. The van der Waals surface area contributed by atoms with Crippen LogP contribution in [0.15, 0.2) is 0 Å². The molecule has 18 heavy (non-hydrogen) atoms. The quantitative estimate of drug-likeness (QED) is 0.668. The number of hydrogen-bond acceptors (Lipinski definition) is 3. The number of piperidine rings is 1. The summed E-state index contributed by atoms with van der Waals surface area (Å²) in [7, 11) is 0. The molecule has 2 saturated heterocycles. The summed E-state index contributed by atoms with van der Waals surface area (Å²) in [4.78, 5) is 0. The Bertz CT molecular complexity index is 274. The Morgan fingerprint density at radius 3 is 2.44 bits per heavy atom. The van der Waals surface area contributed by atoms with E-state index in [-0.39, 0.29) is 0 Å². The molecule has 3 heteroatoms. The fourth-order valence-corrected chi connectivity index (χ4v) is 4.65. The number of hydrazine groups is 1. The Morgan fingerprint density at radius 2 is 1.72 bits per heavy atom. The first-order chi connectivity index (χ1) is 8.73. The Labute approximate surface area is 111 Å². The van der Waals surface area contributed by atoms with E-state index in [0.29, 0.717) is 11.0 Å². The second kappa shape index (κ2) is 5.10. The van der Waals surface area contributed by atoms with Crippen molar-refractivity contribution in [1.29, 1.82) is 0 Å². The van der Waals surface area contributed by atoms with Crippen molar-refractivity contribution in [1.82, 2.24) is 16.2 Å². The first-order valence-electron chi connectivity index (χ1n) is 7.93. The molecule has 1 saturated carbocycles. The molecule has 3 aliphatic rings. The maximum Gasteiger partial charge on any atom is 0.0329 e. The number of nitrogens with one attached hydrogen (secondary N) is 3. The van der Waals surface area contributed by atoms with Crippen molar-refractivity contribution in [2.45, 2.75) is 63.8 Å². The highest BCUT2D eigenvalue weighted by molar-refractivity contribution is 5.01. The van der Waals surface area contributed by atoms with Gasteiger partial charge in [0.2, 0.25) is 0 Å². The molecule has 2 aliphatic heterocycles. The molecular weight excluding hydrogens is 222 g/mol. The summed E-state index contributed by atoms with van der Waals surface area (Å²) in [5, 5.41) is 3.51. The third kappa shape index (κ3) is 2.45. The highest BCUT2D eigenvalue weighted by Crippen LogP contribution is 2.45. The van der Waals surface area contributed by atoms with E-state index in [1.54, 1.807) is 0 Å². The van der Waals surface area contributed by atoms with Crippen LogP contribution in [0.2, 0.25) is 0 Å². The van der Waals surface area contributed by atoms with Gasteiger partial charge in [-0.1, -0.05) is 26.2 Å². The zero-order valence-electron chi connectivity index (χ0n) is 11.9. The van der Waals surface area contributed by atoms with Crippen LogP contribution >= 0.6 is 0 Å². The molecule has 3 N–H and O–H groups in total. The monoisotopic (exact) mass is 251 g/mol. The summed E-state index contributed by atoms with van der Waals surface area (Å²) in [6.07, 6.45) is 11.1. The van der Waals surface area contributed by atoms with Gasteiger partial charge in [-0.2, -0.15) is 0 Å². The Morgan fingerprint density at radius 1 is 1.00 bits per heavy atom. The lowest BCUT2D eigenvalue weighted by Gasteiger charge is -2.53. The van der Waals surface area contributed by atoms with Crippen LogP contribution in [0.4, 0.5) is 0 Å². The van der Waals surface area contributed by atoms with Crippen LogP contribution in [0.1, 0.15) is 58.3 Å². The fourth-order valence-electron chi connectivity index (χ4n) is 4.65. The zero-order valence-corrected chi connectivity index (χ0v) is 11.9. The molecule has 3 fully saturated rings. The maximum absolute atomic E-state index is 3.66. The van der Waals surface area contributed by atoms with Gasteiger partial charge in [0.1, 0.15) is 0 Å². The summed E-state index contributed by atoms with van der Waals surface area (Å²) < 4.78 is 0. The van der Waals surface area contributed by atoms with Crippen molar-refractivity contribution in [2.75, 3.05) is 19.6 Å². The van der Waals surface area contributed by atoms with E-state index in [1.807, 2.05) is 0 Å². The molecule has 104 valence electrons. The van der Waals surface area contributed by atoms with Gasteiger partial charge in [0.15, 0.2) is 0 Å². The highest BCUT2D eigenvalue weighted by atomic mass is 15.4. The van der Waals surface area contributed by atoms with Crippen LogP contribution in [0, 0.1) is 11.3 Å². The standard InChI is InChI=1S/C15H29N3/c1-14(13-5-9-16-10-6-13)11-15(18-17-12-14)7-3-2-4-8-15/h13,16-18H,2-12H2,1H3. The van der Waals surface area contributed by atoms with E-state index >= 15 is 0 Å². The Kier molecular flexibility index (Phi) is 3.65. The van der Waals surface area contributed by atoms with Gasteiger partial charge in [-0.15, -0.1) is 0 Å². The lowest BCUT2D eigenvalue weighted by Crippen LogP contribution is -2.64. The second-order valence-corrected chi connectivity index (χ2v) is 7.17. The van der Waals surface area contributed by atoms with Crippen LogP contribution in [-0.2, 0) is 0 Å². The molecule has 3 rings (SSSR count). The first kappa shape index (κ1) is 12.9. The van der Waals surface area contributed by atoms with Crippen LogP contribution in [0.5, 0.6) is 0 Å². The molecule has 2 heterocycles. The average molecular weight is 251 g/mol. The SMILES string of the molecule is CC1(C2CCNCC2)CNNC2(CCCCC2)C1. The molecule has 0 bridgehead atoms. The van der Waals surface area contributed by atoms with Crippen LogP contribution < -0.4 is 16.2 Å². The van der Waals surface area contributed by atoms with Crippen LogP contribution in [0.3, 0.4) is 0 Å². The van der Waals surface area contributed by atoms with E-state index in [2.05, 4.69) is 23.1 Å². The molecule has 3 nitrogen and oxygen atoms in total. The van der Waals surface area contributed by atoms with Crippen molar-refractivity contribution in [2.24, 2.45) is 11.3 Å². The lowest BCUT2D eigenvalue weighted by atomic mass is 9.62. The van der Waals surface area contributed by atoms with E-state index in [0.717, 1.165) is 12.5 Å². The van der Waals surface area contributed by atoms with Crippen LogP contribution in [0.25, 0.3) is 0 Å². The molecule has 1 atom stereocenters. The molecule has 0 amide bonds. The average Bonchev–Trinajstić information content (AvgIpc) is 2.40. The minimum Gasteiger partial charge on any atom is -0.317 e. The van der Waals surface area contributed by atoms with Gasteiger partial charge in [-0.05, 0) is 56.5 Å². The lowest BCUT2D eigenvalue weighted by molar-refractivity contribution is 0.0134. The summed E-state index contributed by atoms with van der Waals surface area (Å²) in [5.41, 5.74) is 8.14. The maximum atomic E-state index is 3.66. The third-order valence-corrected chi connectivity index (χ3v) is 5.72. The number of rotatable bonds is 1. The first-order valence-corrected chi connectivity index (χ1v) is 7.93. The highest BCUT2D eigenvalue weighted by Gasteiger charge is 2.46. The summed E-state index contributed by atoms with van der Waals surface area (Å²) in [5.74, 6) is 0.909. The summed E-state index contributed by atoms with van der Waals surface area (Å²) >= 11 is 0.